The van der Waals surface area contributed by atoms with E-state index in [9.17, 15) is 0 Å². The maximum absolute atomic E-state index is 8.52. The smallest absolute Gasteiger partial charge is 0.0635 e. The number of rotatable bonds is 5. The van der Waals surface area contributed by atoms with Crippen LogP contribution in [0.1, 0.15) is 18.4 Å². The average molecular weight is 177 g/mol. The molecule has 0 bridgehead atoms. The van der Waals surface area contributed by atoms with Gasteiger partial charge < -0.3 is 5.11 Å². The zero-order chi connectivity index (χ0) is 9.36. The minimum absolute atomic E-state index is 0.247. The lowest BCUT2D eigenvalue weighted by Gasteiger charge is -1.94. The van der Waals surface area contributed by atoms with Crippen molar-refractivity contribution in [1.82, 2.24) is 0 Å². The van der Waals surface area contributed by atoms with Gasteiger partial charge in [-0.1, -0.05) is 30.3 Å². The molecular formula is C11H15NO. The average Bonchev–Trinajstić information content (AvgIpc) is 2.19. The van der Waals surface area contributed by atoms with Gasteiger partial charge in [-0.15, -0.1) is 0 Å². The van der Waals surface area contributed by atoms with Crippen molar-refractivity contribution < 1.29 is 5.11 Å². The quantitative estimate of drug-likeness (QED) is 0.541. The predicted octanol–water partition coefficient (Wildman–Crippen LogP) is 2.03. The highest BCUT2D eigenvalue weighted by Gasteiger charge is 1.85. The van der Waals surface area contributed by atoms with Crippen LogP contribution in [0.25, 0.3) is 0 Å². The highest BCUT2D eigenvalue weighted by atomic mass is 16.2. The number of hydrogen-bond acceptors (Lipinski definition) is 2. The number of nitrogens with zero attached hydrogens (tertiary/aromatic N) is 1. The molecule has 0 unspecified atom stereocenters. The molecule has 0 aliphatic heterocycles. The van der Waals surface area contributed by atoms with E-state index in [0.29, 0.717) is 0 Å². The van der Waals surface area contributed by atoms with E-state index < -0.39 is 0 Å². The summed E-state index contributed by atoms with van der Waals surface area (Å²) in [5.41, 5.74) is 1.22. The summed E-state index contributed by atoms with van der Waals surface area (Å²) in [5, 5.41) is 8.52. The molecule has 1 aromatic carbocycles. The molecule has 2 nitrogen and oxygen atoms in total. The Labute approximate surface area is 78.9 Å². The first-order valence-corrected chi connectivity index (χ1v) is 4.56. The Hall–Kier alpha value is -1.15. The number of unbranched alkanes of at least 4 members (excludes halogenated alkanes) is 1. The van der Waals surface area contributed by atoms with Crippen molar-refractivity contribution in [2.24, 2.45) is 4.99 Å². The van der Waals surface area contributed by atoms with Crippen LogP contribution in [0.15, 0.2) is 35.3 Å². The molecule has 0 aromatic heterocycles. The minimum atomic E-state index is 0.247. The van der Waals surface area contributed by atoms with Gasteiger partial charge in [-0.05, 0) is 24.6 Å². The Morgan fingerprint density at radius 1 is 1.23 bits per heavy atom. The maximum atomic E-state index is 8.52. The van der Waals surface area contributed by atoms with Gasteiger partial charge in [0.15, 0.2) is 0 Å². The largest absolute Gasteiger partial charge is 0.396 e. The lowest BCUT2D eigenvalue weighted by atomic mass is 10.2. The van der Waals surface area contributed by atoms with Crippen molar-refractivity contribution in [3.05, 3.63) is 35.9 Å². The highest BCUT2D eigenvalue weighted by Crippen LogP contribution is 1.99. The molecule has 0 atom stereocenters. The topological polar surface area (TPSA) is 32.6 Å². The number of aliphatic imine (C=N–C) groups is 1. The van der Waals surface area contributed by atoms with E-state index in [2.05, 4.69) is 17.1 Å². The lowest BCUT2D eigenvalue weighted by Crippen LogP contribution is -1.85. The van der Waals surface area contributed by atoms with Crippen molar-refractivity contribution in [3.63, 3.8) is 0 Å². The molecule has 0 spiro atoms. The van der Waals surface area contributed by atoms with Gasteiger partial charge in [-0.25, -0.2) is 0 Å². The number of benzene rings is 1. The Bertz CT molecular complexity index is 244. The third-order valence-corrected chi connectivity index (χ3v) is 1.74. The van der Waals surface area contributed by atoms with Gasteiger partial charge in [0.2, 0.25) is 0 Å². The molecule has 0 amide bonds. The second kappa shape index (κ2) is 6.38. The summed E-state index contributed by atoms with van der Waals surface area (Å²) in [5.74, 6) is 0. The molecule has 0 heterocycles. The highest BCUT2D eigenvalue weighted by molar-refractivity contribution is 5.57. The monoisotopic (exact) mass is 177 g/mol. The number of hydrogen-bond donors (Lipinski definition) is 1. The second-order valence-electron chi connectivity index (χ2n) is 2.87. The summed E-state index contributed by atoms with van der Waals surface area (Å²) < 4.78 is 0. The summed E-state index contributed by atoms with van der Waals surface area (Å²) in [7, 11) is 0. The SMILES string of the molecule is OCCCC=NCc1ccccc1. The summed E-state index contributed by atoms with van der Waals surface area (Å²) in [6, 6.07) is 10.1. The van der Waals surface area contributed by atoms with Crippen molar-refractivity contribution in [2.45, 2.75) is 19.4 Å². The molecule has 0 saturated heterocycles. The Morgan fingerprint density at radius 3 is 2.69 bits per heavy atom. The van der Waals surface area contributed by atoms with Gasteiger partial charge in [0.05, 0.1) is 6.54 Å². The third kappa shape index (κ3) is 4.43. The fourth-order valence-corrected chi connectivity index (χ4v) is 1.03. The fourth-order valence-electron chi connectivity index (χ4n) is 1.03. The predicted molar refractivity (Wildman–Crippen MR) is 55.0 cm³/mol. The zero-order valence-corrected chi connectivity index (χ0v) is 7.69. The van der Waals surface area contributed by atoms with Crippen molar-refractivity contribution >= 4 is 6.21 Å². The molecule has 0 fully saturated rings. The normalized spacial score (nSPS) is 10.8. The Kier molecular flexibility index (Phi) is 4.87. The summed E-state index contributed by atoms with van der Waals surface area (Å²) in [6.07, 6.45) is 3.55. The van der Waals surface area contributed by atoms with Gasteiger partial charge in [0.25, 0.3) is 0 Å². The third-order valence-electron chi connectivity index (χ3n) is 1.74. The molecule has 0 radical (unpaired) electrons. The van der Waals surface area contributed by atoms with Gasteiger partial charge in [0, 0.05) is 6.61 Å². The standard InChI is InChI=1S/C11H15NO/c13-9-5-4-8-12-10-11-6-2-1-3-7-11/h1-3,6-8,13H,4-5,9-10H2. The zero-order valence-electron chi connectivity index (χ0n) is 7.69. The molecule has 1 N–H and O–H groups in total. The minimum Gasteiger partial charge on any atom is -0.396 e. The van der Waals surface area contributed by atoms with E-state index in [4.69, 9.17) is 5.11 Å². The number of aliphatic hydroxyl groups is 1. The first-order valence-electron chi connectivity index (χ1n) is 4.56. The Morgan fingerprint density at radius 2 is 2.00 bits per heavy atom. The van der Waals surface area contributed by atoms with E-state index in [1.165, 1.54) is 5.56 Å². The van der Waals surface area contributed by atoms with E-state index in [0.717, 1.165) is 19.4 Å². The van der Waals surface area contributed by atoms with Crippen LogP contribution in [0.2, 0.25) is 0 Å². The summed E-state index contributed by atoms with van der Waals surface area (Å²) >= 11 is 0. The molecule has 13 heavy (non-hydrogen) atoms. The summed E-state index contributed by atoms with van der Waals surface area (Å²) in [6.45, 7) is 0.990. The van der Waals surface area contributed by atoms with Crippen LogP contribution < -0.4 is 0 Å². The number of aliphatic hydroxyl groups excluding tert-OH is 1. The van der Waals surface area contributed by atoms with Gasteiger partial charge >= 0.3 is 0 Å². The van der Waals surface area contributed by atoms with Crippen LogP contribution in [-0.2, 0) is 6.54 Å². The Balaban J connectivity index is 2.23. The molecule has 1 aromatic rings. The summed E-state index contributed by atoms with van der Waals surface area (Å²) in [4.78, 5) is 4.24. The second-order valence-corrected chi connectivity index (χ2v) is 2.87. The first kappa shape index (κ1) is 9.93. The molecule has 2 heteroatoms. The molecule has 1 rings (SSSR count). The van der Waals surface area contributed by atoms with Crippen molar-refractivity contribution in [1.29, 1.82) is 0 Å². The van der Waals surface area contributed by atoms with Crippen LogP contribution in [0, 0.1) is 0 Å². The van der Waals surface area contributed by atoms with Crippen LogP contribution in [0.4, 0.5) is 0 Å². The lowest BCUT2D eigenvalue weighted by molar-refractivity contribution is 0.291. The van der Waals surface area contributed by atoms with Crippen LogP contribution in [0.3, 0.4) is 0 Å². The van der Waals surface area contributed by atoms with Crippen molar-refractivity contribution in [3.8, 4) is 0 Å². The van der Waals surface area contributed by atoms with Crippen molar-refractivity contribution in [2.75, 3.05) is 6.61 Å². The van der Waals surface area contributed by atoms with Gasteiger partial charge in [0.1, 0.15) is 0 Å². The first-order chi connectivity index (χ1) is 6.43. The van der Waals surface area contributed by atoms with E-state index in [-0.39, 0.29) is 6.61 Å². The van der Waals surface area contributed by atoms with E-state index >= 15 is 0 Å². The van der Waals surface area contributed by atoms with Crippen LogP contribution in [-0.4, -0.2) is 17.9 Å². The van der Waals surface area contributed by atoms with E-state index in [1.54, 1.807) is 0 Å². The van der Waals surface area contributed by atoms with Gasteiger partial charge in [-0.3, -0.25) is 4.99 Å². The van der Waals surface area contributed by atoms with Crippen LogP contribution in [0.5, 0.6) is 0 Å². The molecule has 70 valence electrons. The molecule has 0 aliphatic rings. The maximum Gasteiger partial charge on any atom is 0.0635 e. The molecule has 0 saturated carbocycles. The van der Waals surface area contributed by atoms with Crippen LogP contribution >= 0.6 is 0 Å². The molecule has 0 aliphatic carbocycles. The fraction of sp³-hybridized carbons (Fsp3) is 0.364. The van der Waals surface area contributed by atoms with E-state index in [1.807, 2.05) is 24.4 Å². The van der Waals surface area contributed by atoms with Gasteiger partial charge in [-0.2, -0.15) is 0 Å². The molecular weight excluding hydrogens is 162 g/mol.